The molecule has 2 nitrogen and oxygen atoms in total. The van der Waals surface area contributed by atoms with E-state index >= 15 is 0 Å². The van der Waals surface area contributed by atoms with Crippen molar-refractivity contribution >= 4 is 0 Å². The number of aromatic nitrogens is 1. The van der Waals surface area contributed by atoms with Gasteiger partial charge in [-0.1, -0.05) is 55.8 Å². The predicted molar refractivity (Wildman–Crippen MR) is 109 cm³/mol. The van der Waals surface area contributed by atoms with Crippen molar-refractivity contribution in [2.75, 3.05) is 7.11 Å². The summed E-state index contributed by atoms with van der Waals surface area (Å²) in [6, 6.07) is 21.4. The average molecular weight is 345 g/mol. The average Bonchev–Trinajstić information content (AvgIpc) is 2.72. The van der Waals surface area contributed by atoms with Gasteiger partial charge in [-0.25, -0.2) is 0 Å². The minimum absolute atomic E-state index is 0.889. The number of rotatable bonds is 8. The number of aryl methyl sites for hydroxylation is 3. The Labute approximate surface area is 156 Å². The minimum Gasteiger partial charge on any atom is -0.497 e. The van der Waals surface area contributed by atoms with Crippen LogP contribution in [-0.4, -0.2) is 12.1 Å². The van der Waals surface area contributed by atoms with Crippen LogP contribution in [0.2, 0.25) is 0 Å². The molecule has 0 aliphatic carbocycles. The summed E-state index contributed by atoms with van der Waals surface area (Å²) in [6.45, 7) is 2.22. The molecule has 0 radical (unpaired) electrons. The van der Waals surface area contributed by atoms with Crippen LogP contribution in [0.15, 0.2) is 66.9 Å². The van der Waals surface area contributed by atoms with Crippen LogP contribution < -0.4 is 4.74 Å². The molecular formula is C24H27NO. The first-order valence-electron chi connectivity index (χ1n) is 9.45. The smallest absolute Gasteiger partial charge is 0.118 e. The number of methoxy groups -OCH3 is 1. The normalized spacial score (nSPS) is 10.7. The number of hydrogen-bond donors (Lipinski definition) is 0. The molecule has 0 saturated heterocycles. The van der Waals surface area contributed by atoms with Gasteiger partial charge in [-0.2, -0.15) is 0 Å². The molecule has 3 rings (SSSR count). The van der Waals surface area contributed by atoms with E-state index in [9.17, 15) is 0 Å². The molecule has 0 unspecified atom stereocenters. The fourth-order valence-electron chi connectivity index (χ4n) is 3.04. The van der Waals surface area contributed by atoms with Crippen LogP contribution in [0.25, 0.3) is 11.1 Å². The second-order valence-corrected chi connectivity index (χ2v) is 6.69. The van der Waals surface area contributed by atoms with Gasteiger partial charge < -0.3 is 4.74 Å². The predicted octanol–water partition coefficient (Wildman–Crippen LogP) is 5.89. The number of unbranched alkanes of at least 4 members (excludes halogenated alkanes) is 1. The Hall–Kier alpha value is -2.61. The van der Waals surface area contributed by atoms with Crippen molar-refractivity contribution < 1.29 is 4.74 Å². The fourth-order valence-corrected chi connectivity index (χ4v) is 3.04. The maximum absolute atomic E-state index is 5.22. The first kappa shape index (κ1) is 18.2. The van der Waals surface area contributed by atoms with E-state index in [1.54, 1.807) is 7.11 Å². The molecule has 0 fully saturated rings. The summed E-state index contributed by atoms with van der Waals surface area (Å²) < 4.78 is 5.22. The van der Waals surface area contributed by atoms with Crippen LogP contribution in [0.5, 0.6) is 5.75 Å². The Morgan fingerprint density at radius 1 is 0.731 bits per heavy atom. The number of benzene rings is 2. The second-order valence-electron chi connectivity index (χ2n) is 6.69. The largest absolute Gasteiger partial charge is 0.497 e. The highest BCUT2D eigenvalue weighted by Gasteiger charge is 2.01. The summed E-state index contributed by atoms with van der Waals surface area (Å²) in [6.07, 6.45) is 7.63. The SMILES string of the molecule is CCCCc1ccc(CCc2ccc(-c3ccc(OC)cc3)cc2)cn1. The molecule has 0 amide bonds. The fraction of sp³-hybridized carbons (Fsp3) is 0.292. The molecule has 2 heteroatoms. The zero-order chi connectivity index (χ0) is 18.2. The van der Waals surface area contributed by atoms with Gasteiger partial charge in [-0.3, -0.25) is 4.98 Å². The number of pyridine rings is 1. The highest BCUT2D eigenvalue weighted by Crippen LogP contribution is 2.23. The van der Waals surface area contributed by atoms with Gasteiger partial charge in [0, 0.05) is 11.9 Å². The van der Waals surface area contributed by atoms with Gasteiger partial charge in [0.05, 0.1) is 7.11 Å². The van der Waals surface area contributed by atoms with Gasteiger partial charge in [0.15, 0.2) is 0 Å². The van der Waals surface area contributed by atoms with E-state index < -0.39 is 0 Å². The summed E-state index contributed by atoms with van der Waals surface area (Å²) in [4.78, 5) is 4.59. The Morgan fingerprint density at radius 2 is 1.35 bits per heavy atom. The summed E-state index contributed by atoms with van der Waals surface area (Å²) in [5.41, 5.74) is 6.32. The third-order valence-corrected chi connectivity index (χ3v) is 4.75. The highest BCUT2D eigenvalue weighted by atomic mass is 16.5. The van der Waals surface area contributed by atoms with Crippen LogP contribution in [0.3, 0.4) is 0 Å². The van der Waals surface area contributed by atoms with E-state index in [-0.39, 0.29) is 0 Å². The Morgan fingerprint density at radius 3 is 1.92 bits per heavy atom. The van der Waals surface area contributed by atoms with E-state index in [1.165, 1.54) is 40.8 Å². The lowest BCUT2D eigenvalue weighted by molar-refractivity contribution is 0.415. The first-order chi connectivity index (χ1) is 12.8. The van der Waals surface area contributed by atoms with E-state index in [0.717, 1.165) is 25.0 Å². The highest BCUT2D eigenvalue weighted by molar-refractivity contribution is 5.64. The molecule has 0 saturated carbocycles. The molecule has 0 aliphatic rings. The lowest BCUT2D eigenvalue weighted by atomic mass is 10.0. The minimum atomic E-state index is 0.889. The molecule has 0 spiro atoms. The van der Waals surface area contributed by atoms with Gasteiger partial charge in [0.2, 0.25) is 0 Å². The zero-order valence-electron chi connectivity index (χ0n) is 15.7. The van der Waals surface area contributed by atoms with Gasteiger partial charge in [-0.15, -0.1) is 0 Å². The zero-order valence-corrected chi connectivity index (χ0v) is 15.7. The molecule has 3 aromatic rings. The molecule has 1 aromatic heterocycles. The summed E-state index contributed by atoms with van der Waals surface area (Å²) in [5.74, 6) is 0.889. The molecule has 0 bridgehead atoms. The van der Waals surface area contributed by atoms with Crippen molar-refractivity contribution in [1.82, 2.24) is 4.98 Å². The lowest BCUT2D eigenvalue weighted by Gasteiger charge is -2.07. The van der Waals surface area contributed by atoms with Gasteiger partial charge >= 0.3 is 0 Å². The Kier molecular flexibility index (Phi) is 6.43. The van der Waals surface area contributed by atoms with Crippen LogP contribution in [0.1, 0.15) is 36.6 Å². The van der Waals surface area contributed by atoms with Gasteiger partial charge in [-0.05, 0) is 66.1 Å². The monoisotopic (exact) mass is 345 g/mol. The molecule has 1 heterocycles. The Bertz CT molecular complexity index is 789. The topological polar surface area (TPSA) is 22.1 Å². The van der Waals surface area contributed by atoms with Crippen LogP contribution >= 0.6 is 0 Å². The molecule has 2 aromatic carbocycles. The lowest BCUT2D eigenvalue weighted by Crippen LogP contribution is -1.95. The summed E-state index contributed by atoms with van der Waals surface area (Å²) >= 11 is 0. The summed E-state index contributed by atoms with van der Waals surface area (Å²) in [5, 5.41) is 0. The third-order valence-electron chi connectivity index (χ3n) is 4.75. The molecule has 26 heavy (non-hydrogen) atoms. The van der Waals surface area contributed by atoms with E-state index in [4.69, 9.17) is 4.74 Å². The van der Waals surface area contributed by atoms with Crippen molar-refractivity contribution in [3.8, 4) is 16.9 Å². The van der Waals surface area contributed by atoms with Gasteiger partial charge in [0.1, 0.15) is 5.75 Å². The van der Waals surface area contributed by atoms with Crippen LogP contribution in [0.4, 0.5) is 0 Å². The molecule has 0 N–H and O–H groups in total. The van der Waals surface area contributed by atoms with Gasteiger partial charge in [0.25, 0.3) is 0 Å². The van der Waals surface area contributed by atoms with Crippen molar-refractivity contribution in [2.45, 2.75) is 39.0 Å². The molecule has 0 aliphatic heterocycles. The number of ether oxygens (including phenoxy) is 1. The van der Waals surface area contributed by atoms with Crippen molar-refractivity contribution in [3.63, 3.8) is 0 Å². The van der Waals surface area contributed by atoms with Crippen LogP contribution in [-0.2, 0) is 19.3 Å². The first-order valence-corrected chi connectivity index (χ1v) is 9.45. The third kappa shape index (κ3) is 4.95. The number of hydrogen-bond acceptors (Lipinski definition) is 2. The molecule has 0 atom stereocenters. The van der Waals surface area contributed by atoms with E-state index in [0.29, 0.717) is 0 Å². The van der Waals surface area contributed by atoms with Crippen molar-refractivity contribution in [3.05, 3.63) is 83.7 Å². The van der Waals surface area contributed by atoms with E-state index in [2.05, 4.69) is 60.4 Å². The number of nitrogens with zero attached hydrogens (tertiary/aromatic N) is 1. The van der Waals surface area contributed by atoms with Crippen molar-refractivity contribution in [2.24, 2.45) is 0 Å². The van der Waals surface area contributed by atoms with Crippen molar-refractivity contribution in [1.29, 1.82) is 0 Å². The summed E-state index contributed by atoms with van der Waals surface area (Å²) in [7, 11) is 1.69. The quantitative estimate of drug-likeness (QED) is 0.508. The molecule has 134 valence electrons. The van der Waals surface area contributed by atoms with Crippen LogP contribution in [0, 0.1) is 0 Å². The maximum Gasteiger partial charge on any atom is 0.118 e. The molecular weight excluding hydrogens is 318 g/mol. The Balaban J connectivity index is 1.57. The van der Waals surface area contributed by atoms with E-state index in [1.807, 2.05) is 18.3 Å². The standard InChI is InChI=1S/C24H27NO/c1-3-4-5-23-15-10-20(18-25-23)7-6-19-8-11-21(12-9-19)22-13-16-24(26-2)17-14-22/h8-18H,3-7H2,1-2H3. The second kappa shape index (κ2) is 9.19. The maximum atomic E-state index is 5.22.